The molecule has 2 nitrogen and oxygen atoms in total. The van der Waals surface area contributed by atoms with Crippen molar-refractivity contribution >= 4 is 5.69 Å². The molecule has 1 heterocycles. The lowest BCUT2D eigenvalue weighted by Gasteiger charge is -2.38. The van der Waals surface area contributed by atoms with E-state index in [-0.39, 0.29) is 0 Å². The molecule has 1 aliphatic heterocycles. The Morgan fingerprint density at radius 1 is 0.870 bits per heavy atom. The van der Waals surface area contributed by atoms with E-state index in [4.69, 9.17) is 0 Å². The van der Waals surface area contributed by atoms with Gasteiger partial charge in [0.25, 0.3) is 0 Å². The molecule has 0 spiro atoms. The Morgan fingerprint density at radius 2 is 1.65 bits per heavy atom. The number of piperidine rings is 1. The maximum Gasteiger partial charge on any atom is 0.0342 e. The number of hydrogen-bond donors (Lipinski definition) is 1. The number of anilines is 1. The predicted octanol–water partition coefficient (Wildman–Crippen LogP) is 4.78. The van der Waals surface area contributed by atoms with Crippen LogP contribution in [-0.2, 0) is 0 Å². The third-order valence-electron chi connectivity index (χ3n) is 6.65. The lowest BCUT2D eigenvalue weighted by molar-refractivity contribution is 0.132. The molecule has 1 aromatic carbocycles. The molecular formula is C21H32N2. The molecule has 0 bridgehead atoms. The van der Waals surface area contributed by atoms with Crippen LogP contribution in [0.3, 0.4) is 0 Å². The van der Waals surface area contributed by atoms with Crippen LogP contribution < -0.4 is 5.32 Å². The summed E-state index contributed by atoms with van der Waals surface area (Å²) in [5, 5.41) is 3.71. The number of rotatable bonds is 4. The van der Waals surface area contributed by atoms with E-state index in [1.165, 1.54) is 76.7 Å². The number of para-hydroxylation sites is 1. The van der Waals surface area contributed by atoms with Crippen LogP contribution in [0.25, 0.3) is 0 Å². The smallest absolute Gasteiger partial charge is 0.0342 e. The fourth-order valence-corrected chi connectivity index (χ4v) is 5.36. The first kappa shape index (κ1) is 15.5. The molecule has 3 atom stereocenters. The van der Waals surface area contributed by atoms with Crippen LogP contribution in [0.15, 0.2) is 30.3 Å². The van der Waals surface area contributed by atoms with E-state index in [1.54, 1.807) is 0 Å². The van der Waals surface area contributed by atoms with Gasteiger partial charge in [0, 0.05) is 31.4 Å². The number of nitrogens with zero attached hydrogens (tertiary/aromatic N) is 1. The summed E-state index contributed by atoms with van der Waals surface area (Å²) in [6, 6.07) is 11.4. The van der Waals surface area contributed by atoms with Crippen molar-refractivity contribution in [3.05, 3.63) is 30.3 Å². The molecule has 1 saturated heterocycles. The molecule has 4 rings (SSSR count). The second kappa shape index (κ2) is 7.25. The lowest BCUT2D eigenvalue weighted by Crippen LogP contribution is -2.42. The van der Waals surface area contributed by atoms with E-state index >= 15 is 0 Å². The molecule has 1 N–H and O–H groups in total. The van der Waals surface area contributed by atoms with Gasteiger partial charge in [-0.1, -0.05) is 37.5 Å². The van der Waals surface area contributed by atoms with Crippen molar-refractivity contribution in [2.75, 3.05) is 25.0 Å². The minimum absolute atomic E-state index is 0.666. The van der Waals surface area contributed by atoms with Crippen molar-refractivity contribution in [2.45, 2.75) is 57.4 Å². The van der Waals surface area contributed by atoms with Gasteiger partial charge in [-0.05, 0) is 62.0 Å². The molecule has 3 fully saturated rings. The lowest BCUT2D eigenvalue weighted by atomic mass is 9.75. The Morgan fingerprint density at radius 3 is 2.48 bits per heavy atom. The molecule has 126 valence electrons. The van der Waals surface area contributed by atoms with Gasteiger partial charge in [0.15, 0.2) is 0 Å². The van der Waals surface area contributed by atoms with Gasteiger partial charge in [0.05, 0.1) is 0 Å². The van der Waals surface area contributed by atoms with E-state index in [1.807, 2.05) is 0 Å². The molecule has 0 radical (unpaired) electrons. The molecule has 3 aliphatic rings. The average Bonchev–Trinajstić information content (AvgIpc) is 3.05. The van der Waals surface area contributed by atoms with Gasteiger partial charge in [0.1, 0.15) is 0 Å². The first-order valence-corrected chi connectivity index (χ1v) is 9.91. The van der Waals surface area contributed by atoms with Crippen LogP contribution in [0.4, 0.5) is 5.69 Å². The number of nitrogens with one attached hydrogen (secondary N) is 1. The van der Waals surface area contributed by atoms with Gasteiger partial charge >= 0.3 is 0 Å². The third kappa shape index (κ3) is 3.91. The fourth-order valence-electron chi connectivity index (χ4n) is 5.36. The minimum Gasteiger partial charge on any atom is -0.382 e. The van der Waals surface area contributed by atoms with E-state index in [0.717, 1.165) is 17.8 Å². The van der Waals surface area contributed by atoms with Gasteiger partial charge in [-0.25, -0.2) is 0 Å². The van der Waals surface area contributed by atoms with Gasteiger partial charge in [0.2, 0.25) is 0 Å². The monoisotopic (exact) mass is 312 g/mol. The average molecular weight is 313 g/mol. The Bertz CT molecular complexity index is 478. The van der Waals surface area contributed by atoms with E-state index in [0.29, 0.717) is 6.04 Å². The zero-order chi connectivity index (χ0) is 15.5. The Balaban J connectivity index is 1.21. The van der Waals surface area contributed by atoms with E-state index in [9.17, 15) is 0 Å². The Kier molecular flexibility index (Phi) is 4.89. The molecule has 3 unspecified atom stereocenters. The molecule has 2 saturated carbocycles. The maximum atomic E-state index is 3.71. The van der Waals surface area contributed by atoms with Crippen LogP contribution in [0.1, 0.15) is 51.4 Å². The Hall–Kier alpha value is -1.02. The van der Waals surface area contributed by atoms with Crippen molar-refractivity contribution in [3.63, 3.8) is 0 Å². The first-order chi connectivity index (χ1) is 11.4. The minimum atomic E-state index is 0.666. The van der Waals surface area contributed by atoms with Gasteiger partial charge in [-0.15, -0.1) is 0 Å². The summed E-state index contributed by atoms with van der Waals surface area (Å²) in [5.41, 5.74) is 1.28. The predicted molar refractivity (Wildman–Crippen MR) is 97.7 cm³/mol. The number of hydrogen-bond acceptors (Lipinski definition) is 2. The summed E-state index contributed by atoms with van der Waals surface area (Å²) < 4.78 is 0. The van der Waals surface area contributed by atoms with E-state index in [2.05, 4.69) is 40.5 Å². The van der Waals surface area contributed by atoms with Crippen molar-refractivity contribution < 1.29 is 0 Å². The third-order valence-corrected chi connectivity index (χ3v) is 6.65. The summed E-state index contributed by atoms with van der Waals surface area (Å²) in [4.78, 5) is 2.75. The SMILES string of the molecule is c1ccc(NC2CCN(CC3CCC4CCCC4C3)CC2)cc1. The maximum absolute atomic E-state index is 3.71. The largest absolute Gasteiger partial charge is 0.382 e. The van der Waals surface area contributed by atoms with Gasteiger partial charge in [-0.2, -0.15) is 0 Å². The molecule has 2 aliphatic carbocycles. The standard InChI is InChI=1S/C21H32N2/c1-2-7-20(8-3-1)22-21-11-13-23(14-12-21)16-17-9-10-18-5-4-6-19(18)15-17/h1-3,7-8,17-19,21-22H,4-6,9-16H2. The van der Waals surface area contributed by atoms with Gasteiger partial charge < -0.3 is 10.2 Å². The Labute approximate surface area is 141 Å². The molecule has 23 heavy (non-hydrogen) atoms. The van der Waals surface area contributed by atoms with Crippen LogP contribution in [0.2, 0.25) is 0 Å². The highest BCUT2D eigenvalue weighted by Gasteiger charge is 2.34. The second-order valence-electron chi connectivity index (χ2n) is 8.22. The van der Waals surface area contributed by atoms with Crippen molar-refractivity contribution in [3.8, 4) is 0 Å². The summed E-state index contributed by atoms with van der Waals surface area (Å²) in [6.07, 6.45) is 11.7. The molecule has 2 heteroatoms. The highest BCUT2D eigenvalue weighted by atomic mass is 15.1. The summed E-state index contributed by atoms with van der Waals surface area (Å²) in [7, 11) is 0. The number of benzene rings is 1. The van der Waals surface area contributed by atoms with Crippen LogP contribution in [0, 0.1) is 17.8 Å². The molecule has 1 aromatic rings. The summed E-state index contributed by atoms with van der Waals surface area (Å²) in [6.45, 7) is 3.95. The zero-order valence-electron chi connectivity index (χ0n) is 14.4. The molecule has 0 aromatic heterocycles. The normalized spacial score (nSPS) is 32.6. The van der Waals surface area contributed by atoms with Crippen molar-refractivity contribution in [2.24, 2.45) is 17.8 Å². The second-order valence-corrected chi connectivity index (χ2v) is 8.22. The highest BCUT2D eigenvalue weighted by molar-refractivity contribution is 5.43. The van der Waals surface area contributed by atoms with Crippen LogP contribution in [0.5, 0.6) is 0 Å². The number of likely N-dealkylation sites (tertiary alicyclic amines) is 1. The topological polar surface area (TPSA) is 15.3 Å². The number of fused-ring (bicyclic) bond motifs is 1. The molecular weight excluding hydrogens is 280 g/mol. The van der Waals surface area contributed by atoms with Gasteiger partial charge in [-0.3, -0.25) is 0 Å². The highest BCUT2D eigenvalue weighted by Crippen LogP contribution is 2.44. The van der Waals surface area contributed by atoms with Crippen LogP contribution in [-0.4, -0.2) is 30.6 Å². The van der Waals surface area contributed by atoms with Crippen molar-refractivity contribution in [1.29, 1.82) is 0 Å². The molecule has 0 amide bonds. The summed E-state index contributed by atoms with van der Waals surface area (Å²) in [5.74, 6) is 3.19. The first-order valence-electron chi connectivity index (χ1n) is 9.91. The van der Waals surface area contributed by atoms with Crippen LogP contribution >= 0.6 is 0 Å². The van der Waals surface area contributed by atoms with E-state index < -0.39 is 0 Å². The fraction of sp³-hybridized carbons (Fsp3) is 0.714. The quantitative estimate of drug-likeness (QED) is 0.861. The summed E-state index contributed by atoms with van der Waals surface area (Å²) >= 11 is 0. The van der Waals surface area contributed by atoms with Crippen molar-refractivity contribution in [1.82, 2.24) is 4.90 Å². The zero-order valence-corrected chi connectivity index (χ0v) is 14.4.